The summed E-state index contributed by atoms with van der Waals surface area (Å²) >= 11 is 1.81. The van der Waals surface area contributed by atoms with Crippen molar-refractivity contribution in [2.24, 2.45) is 5.73 Å². The van der Waals surface area contributed by atoms with Gasteiger partial charge < -0.3 is 11.1 Å². The standard InChI is InChI=1S/C8H18N2OS/c1-7(9)6-12-5-3-4-8(11)10-2/h7H,3-6,9H2,1-2H3,(H,10,11). The molecular weight excluding hydrogens is 172 g/mol. The van der Waals surface area contributed by atoms with Gasteiger partial charge in [0.15, 0.2) is 0 Å². The zero-order valence-corrected chi connectivity index (χ0v) is 8.62. The number of hydrogen-bond donors (Lipinski definition) is 2. The molecule has 4 heteroatoms. The Morgan fingerprint density at radius 1 is 1.67 bits per heavy atom. The number of nitrogens with two attached hydrogens (primary N) is 1. The highest BCUT2D eigenvalue weighted by Gasteiger charge is 1.98. The van der Waals surface area contributed by atoms with Crippen molar-refractivity contribution in [1.82, 2.24) is 5.32 Å². The van der Waals surface area contributed by atoms with Crippen LogP contribution in [0.25, 0.3) is 0 Å². The van der Waals surface area contributed by atoms with Crippen LogP contribution in [0.1, 0.15) is 19.8 Å². The molecule has 0 aliphatic heterocycles. The van der Waals surface area contributed by atoms with Crippen LogP contribution in [0.15, 0.2) is 0 Å². The van der Waals surface area contributed by atoms with E-state index in [2.05, 4.69) is 5.32 Å². The minimum absolute atomic E-state index is 0.122. The third-order valence-corrected chi connectivity index (χ3v) is 2.69. The first-order valence-corrected chi connectivity index (χ1v) is 5.36. The lowest BCUT2D eigenvalue weighted by Crippen LogP contribution is -2.19. The normalized spacial score (nSPS) is 12.6. The fourth-order valence-corrected chi connectivity index (χ4v) is 1.62. The largest absolute Gasteiger partial charge is 0.359 e. The van der Waals surface area contributed by atoms with Crippen LogP contribution >= 0.6 is 11.8 Å². The fraction of sp³-hybridized carbons (Fsp3) is 0.875. The minimum Gasteiger partial charge on any atom is -0.359 e. The summed E-state index contributed by atoms with van der Waals surface area (Å²) in [6.45, 7) is 1.99. The maximum absolute atomic E-state index is 10.8. The summed E-state index contributed by atoms with van der Waals surface area (Å²) in [4.78, 5) is 10.8. The van der Waals surface area contributed by atoms with Crippen LogP contribution < -0.4 is 11.1 Å². The summed E-state index contributed by atoms with van der Waals surface area (Å²) in [6, 6.07) is 0.259. The molecule has 0 bridgehead atoms. The van der Waals surface area contributed by atoms with E-state index in [-0.39, 0.29) is 11.9 Å². The molecule has 3 N–H and O–H groups in total. The van der Waals surface area contributed by atoms with Crippen LogP contribution in [-0.2, 0) is 4.79 Å². The van der Waals surface area contributed by atoms with Crippen LogP contribution in [0.4, 0.5) is 0 Å². The van der Waals surface area contributed by atoms with Crippen LogP contribution in [0.2, 0.25) is 0 Å². The average molecular weight is 190 g/mol. The molecule has 1 atom stereocenters. The average Bonchev–Trinajstić information content (AvgIpc) is 2.03. The summed E-state index contributed by atoms with van der Waals surface area (Å²) < 4.78 is 0. The molecule has 0 saturated heterocycles. The first kappa shape index (κ1) is 11.8. The second-order valence-corrected chi connectivity index (χ2v) is 3.98. The van der Waals surface area contributed by atoms with Gasteiger partial charge in [0.1, 0.15) is 0 Å². The Bertz CT molecular complexity index is 128. The van der Waals surface area contributed by atoms with Crippen molar-refractivity contribution in [1.29, 1.82) is 0 Å². The van der Waals surface area contributed by atoms with E-state index in [0.717, 1.165) is 17.9 Å². The number of thioether (sulfide) groups is 1. The van der Waals surface area contributed by atoms with Gasteiger partial charge in [0.05, 0.1) is 0 Å². The monoisotopic (exact) mass is 190 g/mol. The van der Waals surface area contributed by atoms with Crippen molar-refractivity contribution < 1.29 is 4.79 Å². The number of carbonyl (C=O) groups is 1. The molecule has 0 aliphatic rings. The van der Waals surface area contributed by atoms with Crippen LogP contribution in [0, 0.1) is 0 Å². The topological polar surface area (TPSA) is 55.1 Å². The zero-order chi connectivity index (χ0) is 9.40. The second kappa shape index (κ2) is 7.43. The van der Waals surface area contributed by atoms with E-state index < -0.39 is 0 Å². The van der Waals surface area contributed by atoms with Gasteiger partial charge in [0.25, 0.3) is 0 Å². The highest BCUT2D eigenvalue weighted by Crippen LogP contribution is 2.05. The number of rotatable bonds is 6. The molecule has 0 rings (SSSR count). The second-order valence-electron chi connectivity index (χ2n) is 2.83. The molecule has 12 heavy (non-hydrogen) atoms. The Hall–Kier alpha value is -0.220. The molecule has 0 radical (unpaired) electrons. The van der Waals surface area contributed by atoms with Gasteiger partial charge in [-0.25, -0.2) is 0 Å². The first-order valence-electron chi connectivity index (χ1n) is 4.20. The van der Waals surface area contributed by atoms with E-state index in [1.165, 1.54) is 0 Å². The Labute approximate surface area is 78.5 Å². The molecule has 0 aromatic carbocycles. The van der Waals surface area contributed by atoms with E-state index in [1.54, 1.807) is 7.05 Å². The SMILES string of the molecule is CNC(=O)CCCSCC(C)N. The predicted molar refractivity (Wildman–Crippen MR) is 54.3 cm³/mol. The molecule has 0 aromatic rings. The number of carbonyl (C=O) groups excluding carboxylic acids is 1. The van der Waals surface area contributed by atoms with Crippen molar-refractivity contribution in [3.05, 3.63) is 0 Å². The molecule has 0 heterocycles. The van der Waals surface area contributed by atoms with Crippen molar-refractivity contribution in [3.63, 3.8) is 0 Å². The van der Waals surface area contributed by atoms with E-state index in [1.807, 2.05) is 18.7 Å². The lowest BCUT2D eigenvalue weighted by molar-refractivity contribution is -0.120. The number of hydrogen-bond acceptors (Lipinski definition) is 3. The summed E-state index contributed by atoms with van der Waals surface area (Å²) in [5.41, 5.74) is 5.56. The fourth-order valence-electron chi connectivity index (χ4n) is 0.729. The zero-order valence-electron chi connectivity index (χ0n) is 7.80. The highest BCUT2D eigenvalue weighted by molar-refractivity contribution is 7.99. The maximum Gasteiger partial charge on any atom is 0.219 e. The smallest absolute Gasteiger partial charge is 0.219 e. The summed E-state index contributed by atoms with van der Waals surface area (Å²) in [6.07, 6.45) is 1.57. The van der Waals surface area contributed by atoms with Crippen LogP contribution in [-0.4, -0.2) is 30.5 Å². The van der Waals surface area contributed by atoms with Gasteiger partial charge in [-0.05, 0) is 19.1 Å². The van der Waals surface area contributed by atoms with Crippen LogP contribution in [0.5, 0.6) is 0 Å². The Kier molecular flexibility index (Phi) is 7.29. The molecule has 0 aliphatic carbocycles. The number of amides is 1. The van der Waals surface area contributed by atoms with E-state index in [4.69, 9.17) is 5.73 Å². The molecule has 0 aromatic heterocycles. The first-order chi connectivity index (χ1) is 5.66. The molecule has 0 fully saturated rings. The third-order valence-electron chi connectivity index (χ3n) is 1.35. The van der Waals surface area contributed by atoms with Crippen molar-refractivity contribution in [3.8, 4) is 0 Å². The van der Waals surface area contributed by atoms with Crippen molar-refractivity contribution in [2.45, 2.75) is 25.8 Å². The maximum atomic E-state index is 10.8. The molecule has 1 amide bonds. The van der Waals surface area contributed by atoms with Gasteiger partial charge >= 0.3 is 0 Å². The van der Waals surface area contributed by atoms with Gasteiger partial charge in [-0.15, -0.1) is 0 Å². The molecular formula is C8H18N2OS. The van der Waals surface area contributed by atoms with Crippen molar-refractivity contribution in [2.75, 3.05) is 18.6 Å². The van der Waals surface area contributed by atoms with E-state index in [0.29, 0.717) is 6.42 Å². The van der Waals surface area contributed by atoms with Gasteiger partial charge in [0.2, 0.25) is 5.91 Å². The van der Waals surface area contributed by atoms with Gasteiger partial charge in [-0.2, -0.15) is 11.8 Å². The predicted octanol–water partition coefficient (Wildman–Crippen LogP) is 0.593. The summed E-state index contributed by atoms with van der Waals surface area (Å²) in [5.74, 6) is 2.12. The van der Waals surface area contributed by atoms with Gasteiger partial charge in [0, 0.05) is 25.3 Å². The molecule has 0 saturated carbocycles. The van der Waals surface area contributed by atoms with Crippen LogP contribution in [0.3, 0.4) is 0 Å². The minimum atomic E-state index is 0.122. The Balaban J connectivity index is 3.05. The summed E-state index contributed by atoms with van der Waals surface area (Å²) in [7, 11) is 1.66. The van der Waals surface area contributed by atoms with Gasteiger partial charge in [-0.1, -0.05) is 0 Å². The lowest BCUT2D eigenvalue weighted by atomic mass is 10.3. The molecule has 0 spiro atoms. The quantitative estimate of drug-likeness (QED) is 0.603. The molecule has 1 unspecified atom stereocenters. The Morgan fingerprint density at radius 3 is 2.83 bits per heavy atom. The van der Waals surface area contributed by atoms with Crippen molar-refractivity contribution >= 4 is 17.7 Å². The molecule has 72 valence electrons. The Morgan fingerprint density at radius 2 is 2.33 bits per heavy atom. The number of nitrogens with one attached hydrogen (secondary N) is 1. The highest BCUT2D eigenvalue weighted by atomic mass is 32.2. The van der Waals surface area contributed by atoms with Gasteiger partial charge in [-0.3, -0.25) is 4.79 Å². The van der Waals surface area contributed by atoms with E-state index in [9.17, 15) is 4.79 Å². The molecule has 3 nitrogen and oxygen atoms in total. The van der Waals surface area contributed by atoms with E-state index >= 15 is 0 Å². The third kappa shape index (κ3) is 7.88. The lowest BCUT2D eigenvalue weighted by Gasteiger charge is -2.03. The summed E-state index contributed by atoms with van der Waals surface area (Å²) in [5, 5.41) is 2.59.